The summed E-state index contributed by atoms with van der Waals surface area (Å²) in [7, 11) is 0. The fourth-order valence-corrected chi connectivity index (χ4v) is 2.54. The van der Waals surface area contributed by atoms with Crippen molar-refractivity contribution in [1.82, 2.24) is 25.2 Å². The van der Waals surface area contributed by atoms with Gasteiger partial charge < -0.3 is 15.4 Å². The molecule has 0 fully saturated rings. The van der Waals surface area contributed by atoms with Gasteiger partial charge in [-0.3, -0.25) is 4.40 Å². The van der Waals surface area contributed by atoms with E-state index in [0.29, 0.717) is 25.6 Å². The molecule has 3 rings (SSSR count). The van der Waals surface area contributed by atoms with Crippen LogP contribution in [0.2, 0.25) is 0 Å². The van der Waals surface area contributed by atoms with Crippen molar-refractivity contribution in [2.45, 2.75) is 26.2 Å². The zero-order valence-corrected chi connectivity index (χ0v) is 18.5. The van der Waals surface area contributed by atoms with Crippen LogP contribution >= 0.6 is 24.0 Å². The van der Waals surface area contributed by atoms with Crippen LogP contribution < -0.4 is 15.4 Å². The highest BCUT2D eigenvalue weighted by molar-refractivity contribution is 14.0. The van der Waals surface area contributed by atoms with Gasteiger partial charge in [-0.25, -0.2) is 4.99 Å². The summed E-state index contributed by atoms with van der Waals surface area (Å²) in [5, 5.41) is 14.6. The summed E-state index contributed by atoms with van der Waals surface area (Å²) in [6.07, 6.45) is -2.47. The maximum atomic E-state index is 12.2. The van der Waals surface area contributed by atoms with Crippen LogP contribution in [0.1, 0.15) is 18.3 Å². The second-order valence-corrected chi connectivity index (χ2v) is 6.14. The molecule has 0 unspecified atom stereocenters. The molecular weight excluding hydrogens is 512 g/mol. The normalized spacial score (nSPS) is 11.8. The van der Waals surface area contributed by atoms with Gasteiger partial charge in [-0.1, -0.05) is 18.2 Å². The minimum absolute atomic E-state index is 0. The second-order valence-electron chi connectivity index (χ2n) is 6.14. The monoisotopic (exact) mass is 534 g/mol. The molecule has 0 aliphatic rings. The fourth-order valence-electron chi connectivity index (χ4n) is 2.54. The van der Waals surface area contributed by atoms with Crippen molar-refractivity contribution in [2.75, 3.05) is 13.2 Å². The van der Waals surface area contributed by atoms with Crippen LogP contribution in [0.4, 0.5) is 13.2 Å². The minimum atomic E-state index is -4.36. The summed E-state index contributed by atoms with van der Waals surface area (Å²) in [4.78, 5) is 4.49. The van der Waals surface area contributed by atoms with E-state index in [9.17, 15) is 13.2 Å². The van der Waals surface area contributed by atoms with Crippen molar-refractivity contribution in [1.29, 1.82) is 0 Å². The van der Waals surface area contributed by atoms with Gasteiger partial charge in [0, 0.05) is 12.7 Å². The van der Waals surface area contributed by atoms with Gasteiger partial charge in [0.05, 0.1) is 13.1 Å². The van der Waals surface area contributed by atoms with Gasteiger partial charge in [0.2, 0.25) is 0 Å². The Bertz CT molecular complexity index is 959. The third kappa shape index (κ3) is 7.04. The lowest BCUT2D eigenvalue weighted by molar-refractivity contribution is -0.153. The smallest absolute Gasteiger partial charge is 0.422 e. The van der Waals surface area contributed by atoms with E-state index in [1.807, 2.05) is 35.7 Å². The van der Waals surface area contributed by atoms with E-state index in [2.05, 4.69) is 25.8 Å². The number of halogens is 4. The maximum Gasteiger partial charge on any atom is 0.422 e. The van der Waals surface area contributed by atoms with Crippen molar-refractivity contribution in [3.8, 4) is 5.75 Å². The highest BCUT2D eigenvalue weighted by Crippen LogP contribution is 2.19. The van der Waals surface area contributed by atoms with E-state index in [-0.39, 0.29) is 29.7 Å². The molecule has 0 aliphatic carbocycles. The molecular formula is C19H22F3IN6O. The molecule has 7 nitrogen and oxygen atoms in total. The van der Waals surface area contributed by atoms with Gasteiger partial charge >= 0.3 is 6.18 Å². The zero-order chi connectivity index (χ0) is 20.7. The number of guanidine groups is 1. The van der Waals surface area contributed by atoms with Crippen LogP contribution in [0.3, 0.4) is 0 Å². The Morgan fingerprint density at radius 2 is 1.87 bits per heavy atom. The lowest BCUT2D eigenvalue weighted by atomic mass is 10.2. The third-order valence-corrected chi connectivity index (χ3v) is 3.89. The van der Waals surface area contributed by atoms with Crippen molar-refractivity contribution in [3.05, 3.63) is 60.0 Å². The van der Waals surface area contributed by atoms with E-state index in [0.717, 1.165) is 17.0 Å². The van der Waals surface area contributed by atoms with Gasteiger partial charge in [0.1, 0.15) is 5.75 Å². The Labute approximate surface area is 188 Å². The first-order chi connectivity index (χ1) is 13.9. The molecule has 0 saturated heterocycles. The number of aliphatic imine (C=N–C) groups is 1. The topological polar surface area (TPSA) is 75.8 Å². The molecule has 0 saturated carbocycles. The number of benzene rings is 1. The quantitative estimate of drug-likeness (QED) is 0.276. The SMILES string of the molecule is CCNC(=NCc1ccc(OCC(F)(F)F)cc1)NCc1nnc2ccccn12.I. The number of fused-ring (bicyclic) bond motifs is 1. The van der Waals surface area contributed by atoms with Gasteiger partial charge in [-0.2, -0.15) is 13.2 Å². The highest BCUT2D eigenvalue weighted by Gasteiger charge is 2.28. The second kappa shape index (κ2) is 11.0. The molecule has 162 valence electrons. The lowest BCUT2D eigenvalue weighted by Crippen LogP contribution is -2.37. The van der Waals surface area contributed by atoms with Crippen molar-refractivity contribution < 1.29 is 17.9 Å². The Kier molecular flexibility index (Phi) is 8.69. The average Bonchev–Trinajstić information content (AvgIpc) is 3.12. The van der Waals surface area contributed by atoms with Crippen LogP contribution in [-0.4, -0.2) is 39.9 Å². The van der Waals surface area contributed by atoms with Crippen molar-refractivity contribution in [3.63, 3.8) is 0 Å². The van der Waals surface area contributed by atoms with Gasteiger partial charge in [0.25, 0.3) is 0 Å². The van der Waals surface area contributed by atoms with Crippen molar-refractivity contribution >= 4 is 35.6 Å². The average molecular weight is 534 g/mol. The number of nitrogens with one attached hydrogen (secondary N) is 2. The van der Waals surface area contributed by atoms with Crippen LogP contribution in [0.25, 0.3) is 5.65 Å². The molecule has 0 spiro atoms. The summed E-state index contributed by atoms with van der Waals surface area (Å²) in [5.74, 6) is 1.51. The highest BCUT2D eigenvalue weighted by atomic mass is 127. The van der Waals surface area contributed by atoms with Crippen LogP contribution in [0.15, 0.2) is 53.7 Å². The number of ether oxygens (including phenoxy) is 1. The van der Waals surface area contributed by atoms with Gasteiger partial charge in [-0.15, -0.1) is 34.2 Å². The molecule has 2 heterocycles. The number of hydrogen-bond acceptors (Lipinski definition) is 4. The number of nitrogens with zero attached hydrogens (tertiary/aromatic N) is 4. The molecule has 3 aromatic rings. The Morgan fingerprint density at radius 1 is 1.10 bits per heavy atom. The molecule has 1 aromatic carbocycles. The standard InChI is InChI=1S/C19H21F3N6O.HI/c1-2-23-18(25-12-17-27-26-16-5-3-4-10-28(16)17)24-11-14-6-8-15(9-7-14)29-13-19(20,21)22;/h3-10H,2,11-13H2,1H3,(H2,23,24,25);1H. The molecule has 30 heavy (non-hydrogen) atoms. The van der Waals surface area contributed by atoms with Gasteiger partial charge in [0.15, 0.2) is 24.0 Å². The zero-order valence-electron chi connectivity index (χ0n) is 16.2. The molecule has 11 heteroatoms. The largest absolute Gasteiger partial charge is 0.484 e. The number of alkyl halides is 3. The predicted octanol–water partition coefficient (Wildman–Crippen LogP) is 3.54. The van der Waals surface area contributed by atoms with Crippen LogP contribution in [0.5, 0.6) is 5.75 Å². The van der Waals surface area contributed by atoms with E-state index >= 15 is 0 Å². The molecule has 0 atom stereocenters. The van der Waals surface area contributed by atoms with Crippen LogP contribution in [-0.2, 0) is 13.1 Å². The maximum absolute atomic E-state index is 12.2. The first-order valence-corrected chi connectivity index (χ1v) is 9.04. The Balaban J connectivity index is 0.00000320. The number of aromatic nitrogens is 3. The van der Waals surface area contributed by atoms with E-state index in [1.54, 1.807) is 12.1 Å². The number of hydrogen-bond donors (Lipinski definition) is 2. The number of pyridine rings is 1. The Hall–Kier alpha value is -2.57. The molecule has 0 amide bonds. The van der Waals surface area contributed by atoms with Crippen LogP contribution in [0, 0.1) is 0 Å². The molecule has 2 N–H and O–H groups in total. The lowest BCUT2D eigenvalue weighted by Gasteiger charge is -2.11. The number of rotatable bonds is 7. The van der Waals surface area contributed by atoms with E-state index in [4.69, 9.17) is 4.74 Å². The fraction of sp³-hybridized carbons (Fsp3) is 0.316. The van der Waals surface area contributed by atoms with E-state index in [1.165, 1.54) is 12.1 Å². The summed E-state index contributed by atoms with van der Waals surface area (Å²) >= 11 is 0. The summed E-state index contributed by atoms with van der Waals surface area (Å²) < 4.78 is 43.2. The summed E-state index contributed by atoms with van der Waals surface area (Å²) in [5.41, 5.74) is 1.61. The first kappa shape index (κ1) is 23.7. The molecule has 0 radical (unpaired) electrons. The van der Waals surface area contributed by atoms with Crippen molar-refractivity contribution in [2.24, 2.45) is 4.99 Å². The summed E-state index contributed by atoms with van der Waals surface area (Å²) in [6, 6.07) is 12.0. The third-order valence-electron chi connectivity index (χ3n) is 3.89. The molecule has 0 bridgehead atoms. The van der Waals surface area contributed by atoms with E-state index < -0.39 is 12.8 Å². The summed E-state index contributed by atoms with van der Waals surface area (Å²) in [6.45, 7) is 2.11. The van der Waals surface area contributed by atoms with Gasteiger partial charge in [-0.05, 0) is 36.8 Å². The molecule has 2 aromatic heterocycles. The molecule has 0 aliphatic heterocycles. The Morgan fingerprint density at radius 3 is 2.57 bits per heavy atom. The first-order valence-electron chi connectivity index (χ1n) is 9.04. The minimum Gasteiger partial charge on any atom is -0.484 e. The predicted molar refractivity (Wildman–Crippen MR) is 118 cm³/mol.